The lowest BCUT2D eigenvalue weighted by Crippen LogP contribution is -2.47. The predicted molar refractivity (Wildman–Crippen MR) is 99.2 cm³/mol. The van der Waals surface area contributed by atoms with Crippen molar-refractivity contribution >= 4 is 5.91 Å². The van der Waals surface area contributed by atoms with E-state index in [0.29, 0.717) is 0 Å². The number of amides is 1. The quantitative estimate of drug-likeness (QED) is 0.865. The molecule has 1 saturated heterocycles. The van der Waals surface area contributed by atoms with Crippen molar-refractivity contribution in [3.8, 4) is 0 Å². The van der Waals surface area contributed by atoms with E-state index in [0.717, 1.165) is 57.7 Å². The molecule has 3 nitrogen and oxygen atoms in total. The van der Waals surface area contributed by atoms with Crippen LogP contribution in [0.5, 0.6) is 0 Å². The van der Waals surface area contributed by atoms with Crippen molar-refractivity contribution in [3.05, 3.63) is 35.4 Å². The number of benzene rings is 1. The third-order valence-electron chi connectivity index (χ3n) is 6.04. The zero-order valence-electron chi connectivity index (χ0n) is 15.1. The van der Waals surface area contributed by atoms with Gasteiger partial charge in [-0.2, -0.15) is 0 Å². The SMILES string of the molecule is Cc1ccccc1C1(C(=O)NCCC2CCCNC2)CCCCC1. The molecule has 0 spiro atoms. The number of carbonyl (C=O) groups excluding carboxylic acids is 1. The molecule has 0 bridgehead atoms. The van der Waals surface area contributed by atoms with Gasteiger partial charge in [-0.05, 0) is 69.2 Å². The zero-order valence-corrected chi connectivity index (χ0v) is 15.1. The minimum Gasteiger partial charge on any atom is -0.355 e. The molecule has 1 unspecified atom stereocenters. The fourth-order valence-electron chi connectivity index (χ4n) is 4.61. The molecule has 2 N–H and O–H groups in total. The Bertz CT molecular complexity index is 543. The zero-order chi connectivity index (χ0) is 16.8. The highest BCUT2D eigenvalue weighted by atomic mass is 16.2. The lowest BCUT2D eigenvalue weighted by atomic mass is 9.67. The van der Waals surface area contributed by atoms with Gasteiger partial charge in [0.05, 0.1) is 5.41 Å². The summed E-state index contributed by atoms with van der Waals surface area (Å²) in [4.78, 5) is 13.2. The first-order valence-electron chi connectivity index (χ1n) is 9.77. The van der Waals surface area contributed by atoms with Gasteiger partial charge in [0.1, 0.15) is 0 Å². The van der Waals surface area contributed by atoms with Crippen LogP contribution in [0.4, 0.5) is 0 Å². The van der Waals surface area contributed by atoms with Crippen LogP contribution < -0.4 is 10.6 Å². The van der Waals surface area contributed by atoms with Crippen LogP contribution in [0, 0.1) is 12.8 Å². The molecule has 24 heavy (non-hydrogen) atoms. The Labute approximate surface area is 146 Å². The number of rotatable bonds is 5. The van der Waals surface area contributed by atoms with E-state index in [1.54, 1.807) is 0 Å². The van der Waals surface area contributed by atoms with E-state index in [-0.39, 0.29) is 11.3 Å². The number of carbonyl (C=O) groups is 1. The average Bonchev–Trinajstić information content (AvgIpc) is 2.63. The molecule has 1 saturated carbocycles. The average molecular weight is 329 g/mol. The lowest BCUT2D eigenvalue weighted by molar-refractivity contribution is -0.128. The fraction of sp³-hybridized carbons (Fsp3) is 0.667. The van der Waals surface area contributed by atoms with Crippen LogP contribution in [0.2, 0.25) is 0 Å². The molecular formula is C21H32N2O. The highest BCUT2D eigenvalue weighted by molar-refractivity contribution is 5.88. The van der Waals surface area contributed by atoms with Crippen LogP contribution in [0.25, 0.3) is 0 Å². The number of piperidine rings is 1. The molecule has 1 amide bonds. The van der Waals surface area contributed by atoms with Crippen molar-refractivity contribution in [1.82, 2.24) is 10.6 Å². The summed E-state index contributed by atoms with van der Waals surface area (Å²) in [6.07, 6.45) is 9.24. The van der Waals surface area contributed by atoms with E-state index < -0.39 is 0 Å². The second kappa shape index (κ2) is 8.15. The lowest BCUT2D eigenvalue weighted by Gasteiger charge is -2.37. The molecule has 3 heteroatoms. The minimum absolute atomic E-state index is 0.264. The molecule has 0 radical (unpaired) electrons. The Kier molecular flexibility index (Phi) is 5.94. The summed E-state index contributed by atoms with van der Waals surface area (Å²) in [5, 5.41) is 6.76. The summed E-state index contributed by atoms with van der Waals surface area (Å²) in [5.74, 6) is 0.986. The maximum Gasteiger partial charge on any atom is 0.230 e. The van der Waals surface area contributed by atoms with Crippen molar-refractivity contribution in [2.45, 2.75) is 63.7 Å². The molecule has 1 heterocycles. The normalized spacial score (nSPS) is 23.6. The fourth-order valence-corrected chi connectivity index (χ4v) is 4.61. The second-order valence-corrected chi connectivity index (χ2v) is 7.71. The van der Waals surface area contributed by atoms with Crippen molar-refractivity contribution in [3.63, 3.8) is 0 Å². The maximum absolute atomic E-state index is 13.2. The first kappa shape index (κ1) is 17.5. The van der Waals surface area contributed by atoms with Gasteiger partial charge in [-0.3, -0.25) is 4.79 Å². The van der Waals surface area contributed by atoms with E-state index in [2.05, 4.69) is 41.8 Å². The molecule has 1 atom stereocenters. The predicted octanol–water partition coefficient (Wildman–Crippen LogP) is 3.70. The van der Waals surface area contributed by atoms with E-state index in [9.17, 15) is 4.79 Å². The third-order valence-corrected chi connectivity index (χ3v) is 6.04. The molecule has 2 fully saturated rings. The summed E-state index contributed by atoms with van der Waals surface area (Å²) in [5.41, 5.74) is 2.21. The van der Waals surface area contributed by atoms with Crippen molar-refractivity contribution < 1.29 is 4.79 Å². The summed E-state index contributed by atoms with van der Waals surface area (Å²) < 4.78 is 0. The Morgan fingerprint density at radius 2 is 2.00 bits per heavy atom. The summed E-state index contributed by atoms with van der Waals surface area (Å²) in [6, 6.07) is 8.47. The van der Waals surface area contributed by atoms with Gasteiger partial charge in [0, 0.05) is 6.54 Å². The number of nitrogens with one attached hydrogen (secondary N) is 2. The largest absolute Gasteiger partial charge is 0.355 e. The van der Waals surface area contributed by atoms with Gasteiger partial charge in [0.15, 0.2) is 0 Å². The summed E-state index contributed by atoms with van der Waals surface area (Å²) in [6.45, 7) is 5.23. The van der Waals surface area contributed by atoms with Gasteiger partial charge >= 0.3 is 0 Å². The van der Waals surface area contributed by atoms with Gasteiger partial charge in [0.2, 0.25) is 5.91 Å². The molecular weight excluding hydrogens is 296 g/mol. The van der Waals surface area contributed by atoms with Gasteiger partial charge < -0.3 is 10.6 Å². The monoisotopic (exact) mass is 328 g/mol. The molecule has 3 rings (SSSR count). The minimum atomic E-state index is -0.297. The second-order valence-electron chi connectivity index (χ2n) is 7.71. The molecule has 1 aromatic rings. The smallest absolute Gasteiger partial charge is 0.230 e. The number of hydrogen-bond donors (Lipinski definition) is 2. The van der Waals surface area contributed by atoms with Crippen molar-refractivity contribution in [2.75, 3.05) is 19.6 Å². The van der Waals surface area contributed by atoms with Crippen molar-refractivity contribution in [1.29, 1.82) is 0 Å². The Morgan fingerprint density at radius 3 is 2.71 bits per heavy atom. The molecule has 0 aromatic heterocycles. The van der Waals surface area contributed by atoms with E-state index in [1.165, 1.54) is 30.4 Å². The van der Waals surface area contributed by atoms with Crippen LogP contribution in [-0.4, -0.2) is 25.5 Å². The van der Waals surface area contributed by atoms with Crippen LogP contribution >= 0.6 is 0 Å². The van der Waals surface area contributed by atoms with Gasteiger partial charge in [-0.15, -0.1) is 0 Å². The first-order valence-corrected chi connectivity index (χ1v) is 9.77. The number of hydrogen-bond acceptors (Lipinski definition) is 2. The Hall–Kier alpha value is -1.35. The van der Waals surface area contributed by atoms with E-state index >= 15 is 0 Å². The highest BCUT2D eigenvalue weighted by Crippen LogP contribution is 2.41. The number of aryl methyl sites for hydroxylation is 1. The van der Waals surface area contributed by atoms with E-state index in [1.807, 2.05) is 0 Å². The molecule has 2 aliphatic rings. The molecule has 1 aliphatic carbocycles. The van der Waals surface area contributed by atoms with Crippen LogP contribution in [0.15, 0.2) is 24.3 Å². The van der Waals surface area contributed by atoms with Gasteiger partial charge in [0.25, 0.3) is 0 Å². The van der Waals surface area contributed by atoms with Gasteiger partial charge in [-0.25, -0.2) is 0 Å². The van der Waals surface area contributed by atoms with Crippen LogP contribution in [0.1, 0.15) is 62.5 Å². The van der Waals surface area contributed by atoms with Crippen LogP contribution in [0.3, 0.4) is 0 Å². The first-order chi connectivity index (χ1) is 11.7. The highest BCUT2D eigenvalue weighted by Gasteiger charge is 2.41. The Balaban J connectivity index is 1.67. The van der Waals surface area contributed by atoms with Crippen LogP contribution in [-0.2, 0) is 10.2 Å². The topological polar surface area (TPSA) is 41.1 Å². The Morgan fingerprint density at radius 1 is 1.21 bits per heavy atom. The molecule has 1 aromatic carbocycles. The molecule has 1 aliphatic heterocycles. The third kappa shape index (κ3) is 3.83. The van der Waals surface area contributed by atoms with Gasteiger partial charge in [-0.1, -0.05) is 43.5 Å². The van der Waals surface area contributed by atoms with E-state index in [4.69, 9.17) is 0 Å². The van der Waals surface area contributed by atoms with Crippen molar-refractivity contribution in [2.24, 2.45) is 5.92 Å². The maximum atomic E-state index is 13.2. The summed E-state index contributed by atoms with van der Waals surface area (Å²) in [7, 11) is 0. The standard InChI is InChI=1S/C21H32N2O/c1-17-8-3-4-10-19(17)21(12-5-2-6-13-21)20(24)23-15-11-18-9-7-14-22-16-18/h3-4,8,10,18,22H,2,5-7,9,11-16H2,1H3,(H,23,24). The molecule has 132 valence electrons. The summed E-state index contributed by atoms with van der Waals surface area (Å²) >= 11 is 0.